The normalized spacial score (nSPS) is 14.9. The Kier molecular flexibility index (Phi) is 10.3. The number of ether oxygens (including phenoxy) is 1. The molecule has 0 saturated carbocycles. The topological polar surface area (TPSA) is 84.7 Å². The molecule has 2 aromatic rings. The second-order valence-electron chi connectivity index (χ2n) is 10.3. The smallest absolute Gasteiger partial charge is 0.324 e. The van der Waals surface area contributed by atoms with Gasteiger partial charge in [0.25, 0.3) is 5.91 Å². The molecule has 1 heterocycles. The van der Waals surface area contributed by atoms with Gasteiger partial charge in [-0.15, -0.1) is 0 Å². The molecular formula is C31H40ClN3O4. The van der Waals surface area contributed by atoms with Crippen molar-refractivity contribution >= 4 is 23.5 Å². The summed E-state index contributed by atoms with van der Waals surface area (Å²) < 4.78 is 7.48. The van der Waals surface area contributed by atoms with Crippen LogP contribution in [0.3, 0.4) is 0 Å². The van der Waals surface area contributed by atoms with Crippen molar-refractivity contribution in [2.45, 2.75) is 65.3 Å². The van der Waals surface area contributed by atoms with Crippen LogP contribution in [0.15, 0.2) is 59.2 Å². The minimum atomic E-state index is -1.28. The molecular weight excluding hydrogens is 514 g/mol. The molecule has 1 N–H and O–H groups in total. The number of halogens is 1. The van der Waals surface area contributed by atoms with Crippen LogP contribution in [-0.2, 0) is 21.5 Å². The van der Waals surface area contributed by atoms with Crippen molar-refractivity contribution in [1.29, 1.82) is 0 Å². The van der Waals surface area contributed by atoms with Crippen LogP contribution >= 0.6 is 11.6 Å². The number of esters is 1. The minimum Gasteiger partial charge on any atom is -0.465 e. The van der Waals surface area contributed by atoms with E-state index in [0.717, 1.165) is 16.7 Å². The summed E-state index contributed by atoms with van der Waals surface area (Å²) in [6.07, 6.45) is 8.83. The van der Waals surface area contributed by atoms with Crippen LogP contribution < -0.4 is 0 Å². The number of amides is 1. The van der Waals surface area contributed by atoms with E-state index in [-0.39, 0.29) is 25.0 Å². The van der Waals surface area contributed by atoms with E-state index < -0.39 is 11.4 Å². The zero-order valence-electron chi connectivity index (χ0n) is 23.8. The Morgan fingerprint density at radius 1 is 1.26 bits per heavy atom. The number of benzene rings is 1. The Labute approximate surface area is 236 Å². The Morgan fingerprint density at radius 3 is 2.67 bits per heavy atom. The van der Waals surface area contributed by atoms with Crippen molar-refractivity contribution in [1.82, 2.24) is 14.5 Å². The van der Waals surface area contributed by atoms with Crippen LogP contribution in [0.4, 0.5) is 0 Å². The van der Waals surface area contributed by atoms with Crippen molar-refractivity contribution in [3.8, 4) is 0 Å². The summed E-state index contributed by atoms with van der Waals surface area (Å²) in [4.78, 5) is 34.1. The Balaban J connectivity index is 2.28. The van der Waals surface area contributed by atoms with Crippen molar-refractivity contribution in [2.75, 3.05) is 26.8 Å². The van der Waals surface area contributed by atoms with Crippen molar-refractivity contribution < 1.29 is 19.4 Å². The summed E-state index contributed by atoms with van der Waals surface area (Å²) in [7, 11) is 1.71. The maximum absolute atomic E-state index is 13.8. The van der Waals surface area contributed by atoms with E-state index in [9.17, 15) is 14.7 Å². The molecule has 0 spiro atoms. The molecule has 3 rings (SSSR count). The Bertz CT molecular complexity index is 1290. The van der Waals surface area contributed by atoms with Gasteiger partial charge in [-0.25, -0.2) is 4.98 Å². The van der Waals surface area contributed by atoms with Gasteiger partial charge in [-0.3, -0.25) is 9.59 Å². The van der Waals surface area contributed by atoms with Gasteiger partial charge in [0, 0.05) is 31.8 Å². The van der Waals surface area contributed by atoms with Gasteiger partial charge in [0.15, 0.2) is 0 Å². The van der Waals surface area contributed by atoms with Crippen LogP contribution in [-0.4, -0.2) is 58.2 Å². The third-order valence-corrected chi connectivity index (χ3v) is 7.37. The highest BCUT2D eigenvalue weighted by atomic mass is 35.5. The first-order valence-electron chi connectivity index (χ1n) is 13.5. The highest BCUT2D eigenvalue weighted by molar-refractivity contribution is 6.31. The molecule has 1 aromatic carbocycles. The number of carbonyl (C=O) groups excluding carboxylic acids is 2. The van der Waals surface area contributed by atoms with Gasteiger partial charge in [0.2, 0.25) is 0 Å². The number of aryl methyl sites for hydroxylation is 1. The molecule has 8 heteroatoms. The predicted octanol–water partition coefficient (Wildman–Crippen LogP) is 5.65. The number of allylic oxidation sites excluding steroid dienone is 6. The average molecular weight is 554 g/mol. The van der Waals surface area contributed by atoms with E-state index in [2.05, 4.69) is 19.9 Å². The molecule has 0 aliphatic heterocycles. The number of aliphatic hydroxyl groups excluding tert-OH is 1. The lowest BCUT2D eigenvalue weighted by molar-refractivity contribution is -0.148. The molecule has 0 fully saturated rings. The lowest BCUT2D eigenvalue weighted by atomic mass is 9.80. The molecule has 39 heavy (non-hydrogen) atoms. The number of hydrogen-bond acceptors (Lipinski definition) is 5. The highest BCUT2D eigenvalue weighted by Crippen LogP contribution is 2.36. The standard InChI is InChI=1S/C31H40ClN3O4/c1-7-39-30(38)31(5,25-13-9-12-24(19-25)21(2)3)29-33-22(4)27(28(37)34(6)17-10-18-36)35(29)20-23-11-8-14-26(32)16-15-23/h9,11-16,19,21,36H,7-8,10,17-18,20H2,1-6H3. The maximum atomic E-state index is 13.8. The molecule has 1 aliphatic rings. The summed E-state index contributed by atoms with van der Waals surface area (Å²) in [5.41, 5.74) is 2.43. The van der Waals surface area contributed by atoms with E-state index in [0.29, 0.717) is 48.2 Å². The zero-order chi connectivity index (χ0) is 28.7. The van der Waals surface area contributed by atoms with Crippen LogP contribution in [0.1, 0.15) is 79.6 Å². The number of nitrogens with zero attached hydrogens (tertiary/aromatic N) is 3. The average Bonchev–Trinajstić information content (AvgIpc) is 3.09. The van der Waals surface area contributed by atoms with Gasteiger partial charge < -0.3 is 19.3 Å². The summed E-state index contributed by atoms with van der Waals surface area (Å²) in [5, 5.41) is 9.96. The molecule has 1 aliphatic carbocycles. The fraction of sp³-hybridized carbons (Fsp3) is 0.452. The quantitative estimate of drug-likeness (QED) is 0.364. The second kappa shape index (κ2) is 13.3. The molecule has 7 nitrogen and oxygen atoms in total. The third-order valence-electron chi connectivity index (χ3n) is 7.09. The second-order valence-corrected chi connectivity index (χ2v) is 10.8. The van der Waals surface area contributed by atoms with E-state index in [1.54, 1.807) is 25.8 Å². The molecule has 1 unspecified atom stereocenters. The van der Waals surface area contributed by atoms with E-state index in [1.165, 1.54) is 0 Å². The van der Waals surface area contributed by atoms with Gasteiger partial charge >= 0.3 is 5.97 Å². The summed E-state index contributed by atoms with van der Waals surface area (Å²) in [6, 6.07) is 7.93. The summed E-state index contributed by atoms with van der Waals surface area (Å²) in [5.74, 6) is 0.0423. The van der Waals surface area contributed by atoms with Gasteiger partial charge in [0.1, 0.15) is 16.9 Å². The van der Waals surface area contributed by atoms with Gasteiger partial charge in [-0.1, -0.05) is 67.9 Å². The first-order valence-corrected chi connectivity index (χ1v) is 13.9. The van der Waals surface area contributed by atoms with Crippen molar-refractivity contribution in [3.05, 3.63) is 87.5 Å². The number of rotatable bonds is 11. The van der Waals surface area contributed by atoms with Crippen molar-refractivity contribution in [3.63, 3.8) is 0 Å². The van der Waals surface area contributed by atoms with Crippen LogP contribution in [0.5, 0.6) is 0 Å². The molecule has 210 valence electrons. The molecule has 1 aromatic heterocycles. The molecule has 1 amide bonds. The van der Waals surface area contributed by atoms with E-state index >= 15 is 0 Å². The lowest BCUT2D eigenvalue weighted by Crippen LogP contribution is -2.39. The van der Waals surface area contributed by atoms with Gasteiger partial charge in [-0.2, -0.15) is 0 Å². The Morgan fingerprint density at radius 2 is 2.00 bits per heavy atom. The van der Waals surface area contributed by atoms with Crippen LogP contribution in [0.2, 0.25) is 0 Å². The Hall–Kier alpha value is -3.16. The predicted molar refractivity (Wildman–Crippen MR) is 155 cm³/mol. The minimum absolute atomic E-state index is 0.0142. The number of imidazole rings is 1. The number of aromatic nitrogens is 2. The first-order chi connectivity index (χ1) is 18.5. The number of aliphatic hydroxyl groups is 1. The monoisotopic (exact) mass is 553 g/mol. The van der Waals surface area contributed by atoms with E-state index in [4.69, 9.17) is 21.3 Å². The first kappa shape index (κ1) is 30.4. The summed E-state index contributed by atoms with van der Waals surface area (Å²) >= 11 is 6.25. The summed E-state index contributed by atoms with van der Waals surface area (Å²) in [6.45, 7) is 10.5. The zero-order valence-corrected chi connectivity index (χ0v) is 24.6. The van der Waals surface area contributed by atoms with Crippen LogP contribution in [0.25, 0.3) is 0 Å². The van der Waals surface area contributed by atoms with Gasteiger partial charge in [0.05, 0.1) is 12.3 Å². The van der Waals surface area contributed by atoms with Crippen molar-refractivity contribution in [2.24, 2.45) is 0 Å². The largest absolute Gasteiger partial charge is 0.465 e. The third kappa shape index (κ3) is 6.71. The SMILES string of the molecule is CCOC(=O)C(C)(c1cccc(C(C)C)c1)c1nc(C)c(C(=O)N(C)CCCO)n1CC1=CCC=C(Cl)C=C1. The van der Waals surface area contributed by atoms with Gasteiger partial charge in [-0.05, 0) is 62.3 Å². The highest BCUT2D eigenvalue weighted by Gasteiger charge is 2.45. The fourth-order valence-electron chi connectivity index (χ4n) is 4.74. The van der Waals surface area contributed by atoms with Crippen LogP contribution in [0, 0.1) is 6.92 Å². The number of carbonyl (C=O) groups is 2. The molecule has 0 saturated heterocycles. The number of hydrogen-bond donors (Lipinski definition) is 1. The van der Waals surface area contributed by atoms with E-state index in [1.807, 2.05) is 54.0 Å². The molecule has 1 atom stereocenters. The lowest BCUT2D eigenvalue weighted by Gasteiger charge is -2.29. The molecule has 0 bridgehead atoms. The maximum Gasteiger partial charge on any atom is 0.324 e. The fourth-order valence-corrected chi connectivity index (χ4v) is 4.89. The molecule has 0 radical (unpaired) electrons.